The molecule has 0 amide bonds. The van der Waals surface area contributed by atoms with Gasteiger partial charge in [-0.05, 0) is 54.9 Å². The Hall–Kier alpha value is -1.30. The maximum Gasteiger partial charge on any atom is 0.165 e. The summed E-state index contributed by atoms with van der Waals surface area (Å²) in [6.45, 7) is 7.71. The molecule has 1 aromatic rings. The van der Waals surface area contributed by atoms with Gasteiger partial charge in [-0.3, -0.25) is 0 Å². The summed E-state index contributed by atoms with van der Waals surface area (Å²) >= 11 is 0. The van der Waals surface area contributed by atoms with Gasteiger partial charge in [-0.2, -0.15) is 0 Å². The summed E-state index contributed by atoms with van der Waals surface area (Å²) in [5.41, 5.74) is 2.06. The van der Waals surface area contributed by atoms with E-state index >= 15 is 0 Å². The van der Waals surface area contributed by atoms with Crippen LogP contribution in [0.25, 0.3) is 0 Å². The van der Waals surface area contributed by atoms with Gasteiger partial charge in [-0.15, -0.1) is 0 Å². The molecule has 146 valence electrons. The normalized spacial score (nSPS) is 29.5. The number of hydrogen-bond acceptors (Lipinski definition) is 5. The van der Waals surface area contributed by atoms with Gasteiger partial charge in [0, 0.05) is 20.1 Å². The molecule has 1 fully saturated rings. The predicted molar refractivity (Wildman–Crippen MR) is 99.7 cm³/mol. The van der Waals surface area contributed by atoms with Crippen LogP contribution in [0.2, 0.25) is 0 Å². The molecule has 1 heterocycles. The quantitative estimate of drug-likeness (QED) is 0.715. The lowest BCUT2D eigenvalue weighted by atomic mass is 9.57. The van der Waals surface area contributed by atoms with Crippen molar-refractivity contribution in [3.8, 4) is 11.5 Å². The third kappa shape index (κ3) is 3.32. The first kappa shape index (κ1) is 19.5. The van der Waals surface area contributed by atoms with E-state index in [1.807, 2.05) is 6.07 Å². The summed E-state index contributed by atoms with van der Waals surface area (Å²) < 4.78 is 28.7. The van der Waals surface area contributed by atoms with Gasteiger partial charge < -0.3 is 23.7 Å². The molecule has 1 aromatic carbocycles. The summed E-state index contributed by atoms with van der Waals surface area (Å²) in [5.74, 6) is 2.03. The molecule has 0 bridgehead atoms. The zero-order chi connectivity index (χ0) is 18.9. The van der Waals surface area contributed by atoms with E-state index in [0.717, 1.165) is 36.3 Å². The minimum absolute atomic E-state index is 0.0201. The minimum Gasteiger partial charge on any atom is -0.493 e. The molecule has 1 aliphatic carbocycles. The molecule has 0 unspecified atom stereocenters. The van der Waals surface area contributed by atoms with Gasteiger partial charge in [0.15, 0.2) is 11.5 Å². The Bertz CT molecular complexity index is 642. The average molecular weight is 364 g/mol. The third-order valence-corrected chi connectivity index (χ3v) is 6.24. The summed E-state index contributed by atoms with van der Waals surface area (Å²) in [4.78, 5) is 0. The highest BCUT2D eigenvalue weighted by Crippen LogP contribution is 2.55. The monoisotopic (exact) mass is 364 g/mol. The van der Waals surface area contributed by atoms with Crippen molar-refractivity contribution < 1.29 is 23.7 Å². The predicted octanol–water partition coefficient (Wildman–Crippen LogP) is 3.96. The number of benzene rings is 1. The molecule has 2 aliphatic rings. The molecule has 1 aliphatic heterocycles. The second kappa shape index (κ2) is 7.37. The molecule has 3 atom stereocenters. The van der Waals surface area contributed by atoms with Crippen molar-refractivity contribution >= 4 is 0 Å². The highest BCUT2D eigenvalue weighted by atomic mass is 16.7. The fourth-order valence-corrected chi connectivity index (χ4v) is 4.87. The molecule has 0 N–H and O–H groups in total. The van der Waals surface area contributed by atoms with Crippen molar-refractivity contribution in [3.05, 3.63) is 23.3 Å². The van der Waals surface area contributed by atoms with Crippen LogP contribution < -0.4 is 9.47 Å². The Morgan fingerprint density at radius 2 is 1.88 bits per heavy atom. The molecular weight excluding hydrogens is 332 g/mol. The first-order valence-electron chi connectivity index (χ1n) is 9.34. The lowest BCUT2D eigenvalue weighted by Crippen LogP contribution is -2.59. The minimum atomic E-state index is -0.223. The van der Waals surface area contributed by atoms with Crippen molar-refractivity contribution in [3.63, 3.8) is 0 Å². The fourth-order valence-electron chi connectivity index (χ4n) is 4.87. The molecular formula is C21H32O5. The molecule has 5 heteroatoms. The molecule has 0 aromatic heterocycles. The van der Waals surface area contributed by atoms with Crippen LogP contribution >= 0.6 is 0 Å². The largest absolute Gasteiger partial charge is 0.493 e. The Labute approximate surface area is 156 Å². The smallest absolute Gasteiger partial charge is 0.165 e. The highest BCUT2D eigenvalue weighted by Gasteiger charge is 2.55. The van der Waals surface area contributed by atoms with Gasteiger partial charge in [-0.1, -0.05) is 13.8 Å². The summed E-state index contributed by atoms with van der Waals surface area (Å²) in [7, 11) is 5.08. The zero-order valence-electron chi connectivity index (χ0n) is 16.9. The van der Waals surface area contributed by atoms with Crippen molar-refractivity contribution in [2.24, 2.45) is 11.3 Å². The number of rotatable bonds is 6. The van der Waals surface area contributed by atoms with Gasteiger partial charge in [0.25, 0.3) is 0 Å². The summed E-state index contributed by atoms with van der Waals surface area (Å²) in [5, 5.41) is 0. The van der Waals surface area contributed by atoms with Crippen LogP contribution in [0.4, 0.5) is 0 Å². The van der Waals surface area contributed by atoms with Gasteiger partial charge in [0.2, 0.25) is 0 Å². The van der Waals surface area contributed by atoms with Crippen molar-refractivity contribution in [2.45, 2.75) is 58.3 Å². The van der Waals surface area contributed by atoms with E-state index in [4.69, 9.17) is 23.7 Å². The molecule has 0 saturated heterocycles. The zero-order valence-corrected chi connectivity index (χ0v) is 16.9. The number of ether oxygens (including phenoxy) is 5. The maximum absolute atomic E-state index is 6.61. The van der Waals surface area contributed by atoms with Crippen LogP contribution in [-0.2, 0) is 27.2 Å². The molecule has 1 saturated carbocycles. The van der Waals surface area contributed by atoms with Gasteiger partial charge in [-0.25, -0.2) is 0 Å². The van der Waals surface area contributed by atoms with Crippen molar-refractivity contribution in [1.82, 2.24) is 0 Å². The molecule has 0 radical (unpaired) electrons. The lowest BCUT2D eigenvalue weighted by molar-refractivity contribution is -0.185. The van der Waals surface area contributed by atoms with E-state index in [0.29, 0.717) is 19.3 Å². The summed E-state index contributed by atoms with van der Waals surface area (Å²) in [6.07, 6.45) is 3.02. The first-order valence-corrected chi connectivity index (χ1v) is 9.34. The highest BCUT2D eigenvalue weighted by molar-refractivity contribution is 5.51. The Morgan fingerprint density at radius 3 is 2.54 bits per heavy atom. The van der Waals surface area contributed by atoms with E-state index in [1.165, 1.54) is 5.56 Å². The second-order valence-corrected chi connectivity index (χ2v) is 8.31. The number of methoxy groups -OCH3 is 3. The van der Waals surface area contributed by atoms with E-state index in [-0.39, 0.29) is 17.1 Å². The van der Waals surface area contributed by atoms with Crippen LogP contribution in [-0.4, -0.2) is 39.8 Å². The van der Waals surface area contributed by atoms with Crippen LogP contribution in [0, 0.1) is 11.3 Å². The Kier molecular flexibility index (Phi) is 5.52. The standard InChI is InChI=1S/C21H32O5/c1-20(2)17-11-15-9-14(12-22-4)10-16(24-6)19(15)26-21(17,3)8-7-18(20)25-13-23-5/h9-10,17-18H,7-8,11-13H2,1-6H3/t17-,18-,21-/m1/s1. The van der Waals surface area contributed by atoms with Gasteiger partial charge >= 0.3 is 0 Å². The first-order chi connectivity index (χ1) is 12.4. The maximum atomic E-state index is 6.61. The van der Waals surface area contributed by atoms with Crippen molar-refractivity contribution in [1.29, 1.82) is 0 Å². The molecule has 5 nitrogen and oxygen atoms in total. The van der Waals surface area contributed by atoms with Crippen LogP contribution in [0.5, 0.6) is 11.5 Å². The number of hydrogen-bond donors (Lipinski definition) is 0. The number of fused-ring (bicyclic) bond motifs is 2. The van der Waals surface area contributed by atoms with E-state index in [9.17, 15) is 0 Å². The lowest BCUT2D eigenvalue weighted by Gasteiger charge is -2.56. The SMILES string of the molecule is COCO[C@@H]1CC[C@@]2(C)Oc3c(cc(COC)cc3OC)C[C@@H]2C1(C)C. The topological polar surface area (TPSA) is 46.2 Å². The average Bonchev–Trinajstić information content (AvgIpc) is 2.60. The third-order valence-electron chi connectivity index (χ3n) is 6.24. The van der Waals surface area contributed by atoms with Crippen molar-refractivity contribution in [2.75, 3.05) is 28.1 Å². The Morgan fingerprint density at radius 1 is 1.12 bits per heavy atom. The fraction of sp³-hybridized carbons (Fsp3) is 0.714. The summed E-state index contributed by atoms with van der Waals surface area (Å²) in [6, 6.07) is 4.21. The van der Waals surface area contributed by atoms with Gasteiger partial charge in [0.05, 0.1) is 19.8 Å². The molecule has 0 spiro atoms. The molecule has 26 heavy (non-hydrogen) atoms. The van der Waals surface area contributed by atoms with E-state index in [2.05, 4.69) is 26.8 Å². The van der Waals surface area contributed by atoms with E-state index < -0.39 is 0 Å². The molecule has 3 rings (SSSR count). The van der Waals surface area contributed by atoms with E-state index in [1.54, 1.807) is 21.3 Å². The Balaban J connectivity index is 1.96. The van der Waals surface area contributed by atoms with Crippen LogP contribution in [0.15, 0.2) is 12.1 Å². The van der Waals surface area contributed by atoms with Crippen LogP contribution in [0.3, 0.4) is 0 Å². The second-order valence-electron chi connectivity index (χ2n) is 8.31. The van der Waals surface area contributed by atoms with Crippen LogP contribution in [0.1, 0.15) is 44.7 Å². The van der Waals surface area contributed by atoms with Gasteiger partial charge in [0.1, 0.15) is 12.4 Å².